The zero-order valence-corrected chi connectivity index (χ0v) is 9.64. The Balaban J connectivity index is 2.14. The van der Waals surface area contributed by atoms with Crippen molar-refractivity contribution in [3.8, 4) is 0 Å². The van der Waals surface area contributed by atoms with Crippen LogP contribution >= 0.6 is 0 Å². The molecule has 0 saturated carbocycles. The molecule has 3 N–H and O–H groups in total. The molecule has 2 rings (SSSR count). The molecule has 0 radical (unpaired) electrons. The molecule has 0 aliphatic carbocycles. The van der Waals surface area contributed by atoms with Crippen molar-refractivity contribution in [1.29, 1.82) is 0 Å². The number of nitrogen functional groups attached to an aromatic ring is 1. The van der Waals surface area contributed by atoms with Gasteiger partial charge in [0.15, 0.2) is 0 Å². The summed E-state index contributed by atoms with van der Waals surface area (Å²) in [7, 11) is 0. The molecule has 0 spiro atoms. The van der Waals surface area contributed by atoms with Gasteiger partial charge in [0.1, 0.15) is 0 Å². The summed E-state index contributed by atoms with van der Waals surface area (Å²) in [5, 5.41) is 3.41. The van der Waals surface area contributed by atoms with E-state index in [1.165, 1.54) is 42.6 Å². The monoisotopic (exact) mass is 204 g/mol. The van der Waals surface area contributed by atoms with Crippen LogP contribution in [0.4, 0.5) is 5.69 Å². The van der Waals surface area contributed by atoms with Gasteiger partial charge in [0.25, 0.3) is 0 Å². The van der Waals surface area contributed by atoms with Crippen molar-refractivity contribution in [1.82, 2.24) is 5.32 Å². The lowest BCUT2D eigenvalue weighted by Gasteiger charge is -2.12. The third-order valence-electron chi connectivity index (χ3n) is 3.34. The number of nitrogens with one attached hydrogen (secondary N) is 1. The molecule has 1 aromatic rings. The predicted molar refractivity (Wildman–Crippen MR) is 65.0 cm³/mol. The van der Waals surface area contributed by atoms with Crippen molar-refractivity contribution in [3.05, 3.63) is 28.8 Å². The van der Waals surface area contributed by atoms with E-state index in [0.29, 0.717) is 0 Å². The van der Waals surface area contributed by atoms with Gasteiger partial charge in [0, 0.05) is 5.69 Å². The van der Waals surface area contributed by atoms with Crippen LogP contribution in [0.2, 0.25) is 0 Å². The standard InChI is InChI=1S/C13H20N2/c1-9-5-12(6-10(2)13(9)14)7-11-3-4-15-8-11/h5-6,11,15H,3-4,7-8,14H2,1-2H3. The Kier molecular flexibility index (Phi) is 2.96. The maximum Gasteiger partial charge on any atom is 0.0373 e. The van der Waals surface area contributed by atoms with Crippen LogP contribution in [0.3, 0.4) is 0 Å². The van der Waals surface area contributed by atoms with E-state index < -0.39 is 0 Å². The van der Waals surface area contributed by atoms with Gasteiger partial charge in [0.2, 0.25) is 0 Å². The first-order valence-corrected chi connectivity index (χ1v) is 5.73. The highest BCUT2D eigenvalue weighted by Crippen LogP contribution is 2.22. The molecule has 1 aliphatic rings. The van der Waals surface area contributed by atoms with Crippen molar-refractivity contribution >= 4 is 5.69 Å². The van der Waals surface area contributed by atoms with Crippen LogP contribution in [0, 0.1) is 19.8 Å². The molecule has 2 nitrogen and oxygen atoms in total. The summed E-state index contributed by atoms with van der Waals surface area (Å²) in [5.41, 5.74) is 10.8. The van der Waals surface area contributed by atoms with Crippen LogP contribution in [0.1, 0.15) is 23.1 Å². The van der Waals surface area contributed by atoms with Crippen molar-refractivity contribution < 1.29 is 0 Å². The maximum atomic E-state index is 5.95. The molecule has 1 saturated heterocycles. The van der Waals surface area contributed by atoms with Crippen LogP contribution in [0.25, 0.3) is 0 Å². The lowest BCUT2D eigenvalue weighted by Crippen LogP contribution is -2.11. The van der Waals surface area contributed by atoms with Crippen LogP contribution in [-0.4, -0.2) is 13.1 Å². The maximum absolute atomic E-state index is 5.95. The van der Waals surface area contributed by atoms with E-state index in [1.807, 2.05) is 0 Å². The van der Waals surface area contributed by atoms with Gasteiger partial charge < -0.3 is 11.1 Å². The van der Waals surface area contributed by atoms with Crippen molar-refractivity contribution in [2.45, 2.75) is 26.7 Å². The molecule has 15 heavy (non-hydrogen) atoms. The molecule has 2 heteroatoms. The second kappa shape index (κ2) is 4.23. The van der Waals surface area contributed by atoms with Crippen molar-refractivity contribution in [2.75, 3.05) is 18.8 Å². The summed E-state index contributed by atoms with van der Waals surface area (Å²) >= 11 is 0. The first-order chi connectivity index (χ1) is 7.16. The van der Waals surface area contributed by atoms with E-state index in [2.05, 4.69) is 31.3 Å². The number of anilines is 1. The summed E-state index contributed by atoms with van der Waals surface area (Å²) in [6.07, 6.45) is 2.50. The molecule has 1 aliphatic heterocycles. The number of nitrogens with two attached hydrogens (primary N) is 1. The summed E-state index contributed by atoms with van der Waals surface area (Å²) < 4.78 is 0. The number of benzene rings is 1. The molecule has 1 aromatic carbocycles. The van der Waals surface area contributed by atoms with E-state index in [1.54, 1.807) is 0 Å². The van der Waals surface area contributed by atoms with Crippen LogP contribution < -0.4 is 11.1 Å². The van der Waals surface area contributed by atoms with Gasteiger partial charge in [-0.15, -0.1) is 0 Å². The Labute approximate surface area is 91.9 Å². The first-order valence-electron chi connectivity index (χ1n) is 5.73. The van der Waals surface area contributed by atoms with Gasteiger partial charge >= 0.3 is 0 Å². The highest BCUT2D eigenvalue weighted by Gasteiger charge is 2.15. The third kappa shape index (κ3) is 2.32. The molecule has 0 aromatic heterocycles. The Morgan fingerprint density at radius 1 is 1.33 bits per heavy atom. The second-order valence-electron chi connectivity index (χ2n) is 4.71. The van der Waals surface area contributed by atoms with E-state index in [0.717, 1.165) is 11.6 Å². The van der Waals surface area contributed by atoms with Crippen LogP contribution in [-0.2, 0) is 6.42 Å². The topological polar surface area (TPSA) is 38.0 Å². The molecule has 0 bridgehead atoms. The minimum atomic E-state index is 0.812. The molecule has 1 atom stereocenters. The molecule has 82 valence electrons. The zero-order chi connectivity index (χ0) is 10.8. The Hall–Kier alpha value is -1.02. The fourth-order valence-electron chi connectivity index (χ4n) is 2.40. The second-order valence-corrected chi connectivity index (χ2v) is 4.71. The average molecular weight is 204 g/mol. The van der Waals surface area contributed by atoms with E-state index in [9.17, 15) is 0 Å². The molecule has 1 heterocycles. The number of rotatable bonds is 2. The fraction of sp³-hybridized carbons (Fsp3) is 0.538. The SMILES string of the molecule is Cc1cc(CC2CCNC2)cc(C)c1N. The number of hydrogen-bond donors (Lipinski definition) is 2. The van der Waals surface area contributed by atoms with Gasteiger partial charge in [-0.25, -0.2) is 0 Å². The minimum Gasteiger partial charge on any atom is -0.398 e. The highest BCUT2D eigenvalue weighted by molar-refractivity contribution is 5.54. The van der Waals surface area contributed by atoms with Crippen molar-refractivity contribution in [3.63, 3.8) is 0 Å². The molecule has 1 fully saturated rings. The summed E-state index contributed by atoms with van der Waals surface area (Å²) in [6, 6.07) is 4.47. The van der Waals surface area contributed by atoms with Gasteiger partial charge in [0.05, 0.1) is 0 Å². The Morgan fingerprint density at radius 3 is 2.53 bits per heavy atom. The predicted octanol–water partition coefficient (Wildman–Crippen LogP) is 2.04. The largest absolute Gasteiger partial charge is 0.398 e. The molecule has 0 amide bonds. The summed E-state index contributed by atoms with van der Waals surface area (Å²) in [5.74, 6) is 0.812. The molecule has 1 unspecified atom stereocenters. The van der Waals surface area contributed by atoms with E-state index in [-0.39, 0.29) is 0 Å². The quantitative estimate of drug-likeness (QED) is 0.723. The normalized spacial score (nSPS) is 20.8. The summed E-state index contributed by atoms with van der Waals surface area (Å²) in [4.78, 5) is 0. The van der Waals surface area contributed by atoms with Crippen LogP contribution in [0.15, 0.2) is 12.1 Å². The van der Waals surface area contributed by atoms with Crippen molar-refractivity contribution in [2.24, 2.45) is 5.92 Å². The van der Waals surface area contributed by atoms with E-state index in [4.69, 9.17) is 5.73 Å². The third-order valence-corrected chi connectivity index (χ3v) is 3.34. The first kappa shape index (κ1) is 10.5. The molecular formula is C13H20N2. The fourth-order valence-corrected chi connectivity index (χ4v) is 2.40. The lowest BCUT2D eigenvalue weighted by molar-refractivity contribution is 0.580. The van der Waals surface area contributed by atoms with Gasteiger partial charge in [-0.3, -0.25) is 0 Å². The number of hydrogen-bond acceptors (Lipinski definition) is 2. The number of aryl methyl sites for hydroxylation is 2. The lowest BCUT2D eigenvalue weighted by atomic mass is 9.95. The highest BCUT2D eigenvalue weighted by atomic mass is 14.9. The Morgan fingerprint density at radius 2 is 2.00 bits per heavy atom. The Bertz CT molecular complexity index is 329. The minimum absolute atomic E-state index is 0.812. The average Bonchev–Trinajstić information content (AvgIpc) is 2.66. The van der Waals surface area contributed by atoms with Crippen LogP contribution in [0.5, 0.6) is 0 Å². The van der Waals surface area contributed by atoms with E-state index >= 15 is 0 Å². The summed E-state index contributed by atoms with van der Waals surface area (Å²) in [6.45, 7) is 6.54. The molecular weight excluding hydrogens is 184 g/mol. The van der Waals surface area contributed by atoms with Gasteiger partial charge in [-0.05, 0) is 62.4 Å². The van der Waals surface area contributed by atoms with Gasteiger partial charge in [-0.1, -0.05) is 12.1 Å². The zero-order valence-electron chi connectivity index (χ0n) is 9.64. The van der Waals surface area contributed by atoms with Gasteiger partial charge in [-0.2, -0.15) is 0 Å². The smallest absolute Gasteiger partial charge is 0.0373 e.